The van der Waals surface area contributed by atoms with Crippen LogP contribution in [-0.4, -0.2) is 24.9 Å². The van der Waals surface area contributed by atoms with Gasteiger partial charge in [0.25, 0.3) is 0 Å². The average molecular weight is 306 g/mol. The lowest BCUT2D eigenvalue weighted by atomic mass is 9.94. The van der Waals surface area contributed by atoms with E-state index in [1.54, 1.807) is 26.4 Å². The minimum absolute atomic E-state index is 0.814. The molecule has 5 nitrogen and oxygen atoms in total. The van der Waals surface area contributed by atoms with Crippen molar-refractivity contribution in [2.75, 3.05) is 0 Å². The van der Waals surface area contributed by atoms with Crippen LogP contribution in [0, 0.1) is 0 Å². The zero-order chi connectivity index (χ0) is 16.0. The smallest absolute Gasteiger partial charge is 0.137 e. The minimum Gasteiger partial charge on any atom is -0.386 e. The highest BCUT2D eigenvalue weighted by Gasteiger charge is 2.19. The summed E-state index contributed by atoms with van der Waals surface area (Å²) in [6.45, 7) is 3.54. The zero-order valence-corrected chi connectivity index (χ0v) is 13.2. The van der Waals surface area contributed by atoms with Gasteiger partial charge in [-0.25, -0.2) is 0 Å². The molecule has 0 fully saturated rings. The number of hydrogen-bond acceptors (Lipinski definition) is 4. The molecule has 0 saturated heterocycles. The van der Waals surface area contributed by atoms with E-state index in [1.807, 2.05) is 16.8 Å². The molecule has 0 radical (unpaired) electrons. The van der Waals surface area contributed by atoms with Crippen molar-refractivity contribution in [1.82, 2.24) is 19.7 Å². The molecule has 1 aromatic carbocycles. The first kappa shape index (κ1) is 14.1. The summed E-state index contributed by atoms with van der Waals surface area (Å²) in [4.78, 5) is 4.28. The van der Waals surface area contributed by atoms with Crippen LogP contribution in [0.5, 0.6) is 0 Å². The molecule has 5 heteroatoms. The summed E-state index contributed by atoms with van der Waals surface area (Å²) >= 11 is 0. The Bertz CT molecular complexity index is 877. The van der Waals surface area contributed by atoms with E-state index in [0.717, 1.165) is 41.0 Å². The summed E-state index contributed by atoms with van der Waals surface area (Å²) < 4.78 is 2.05. The maximum absolute atomic E-state index is 10.2. The van der Waals surface area contributed by atoms with Gasteiger partial charge in [-0.1, -0.05) is 6.07 Å². The summed E-state index contributed by atoms with van der Waals surface area (Å²) in [6.07, 6.45) is 7.18. The van der Waals surface area contributed by atoms with Gasteiger partial charge in [0.05, 0.1) is 11.3 Å². The maximum atomic E-state index is 10.2. The zero-order valence-electron chi connectivity index (χ0n) is 13.2. The fourth-order valence-electron chi connectivity index (χ4n) is 3.01. The van der Waals surface area contributed by atoms with Crippen molar-refractivity contribution >= 4 is 0 Å². The molecule has 0 atom stereocenters. The van der Waals surface area contributed by atoms with E-state index in [1.165, 1.54) is 5.56 Å². The van der Waals surface area contributed by atoms with Crippen LogP contribution in [0.3, 0.4) is 0 Å². The van der Waals surface area contributed by atoms with Crippen molar-refractivity contribution in [3.8, 4) is 16.8 Å². The number of aliphatic hydroxyl groups is 1. The summed E-state index contributed by atoms with van der Waals surface area (Å²) in [5, 5.41) is 18.3. The number of aryl methyl sites for hydroxylation is 2. The molecule has 0 bridgehead atoms. The Morgan fingerprint density at radius 3 is 2.78 bits per heavy atom. The van der Waals surface area contributed by atoms with Gasteiger partial charge in [-0.05, 0) is 49.6 Å². The van der Waals surface area contributed by atoms with Gasteiger partial charge in [0, 0.05) is 29.9 Å². The molecule has 23 heavy (non-hydrogen) atoms. The molecule has 3 aromatic rings. The van der Waals surface area contributed by atoms with Gasteiger partial charge in [-0.3, -0.25) is 9.55 Å². The second kappa shape index (κ2) is 4.99. The molecule has 0 aliphatic carbocycles. The molecule has 1 N–H and O–H groups in total. The standard InChI is InChI=1S/C18H18N4O/c1-18(2,23)15-8-14(9-19-10-15)12-3-5-16-13(7-12)4-6-17-21-20-11-22(16)17/h3,5,7-11,23H,4,6H2,1-2H3. The molecule has 1 aliphatic rings. The fraction of sp³-hybridized carbons (Fsp3) is 0.278. The van der Waals surface area contributed by atoms with Crippen LogP contribution in [0.4, 0.5) is 0 Å². The van der Waals surface area contributed by atoms with Crippen LogP contribution < -0.4 is 0 Å². The Hall–Kier alpha value is -2.53. The topological polar surface area (TPSA) is 63.8 Å². The van der Waals surface area contributed by atoms with E-state index in [9.17, 15) is 5.11 Å². The summed E-state index contributed by atoms with van der Waals surface area (Å²) in [6, 6.07) is 8.39. The Kier molecular flexibility index (Phi) is 3.06. The Morgan fingerprint density at radius 2 is 1.96 bits per heavy atom. The molecule has 3 heterocycles. The molecule has 0 spiro atoms. The van der Waals surface area contributed by atoms with E-state index < -0.39 is 5.60 Å². The van der Waals surface area contributed by atoms with E-state index in [0.29, 0.717) is 0 Å². The summed E-state index contributed by atoms with van der Waals surface area (Å²) in [5.74, 6) is 1.01. The molecule has 2 aromatic heterocycles. The fourth-order valence-corrected chi connectivity index (χ4v) is 3.01. The number of fused-ring (bicyclic) bond motifs is 3. The largest absolute Gasteiger partial charge is 0.386 e. The monoisotopic (exact) mass is 306 g/mol. The van der Waals surface area contributed by atoms with Crippen molar-refractivity contribution in [2.24, 2.45) is 0 Å². The average Bonchev–Trinajstić information content (AvgIpc) is 3.02. The predicted molar refractivity (Wildman–Crippen MR) is 87.2 cm³/mol. The lowest BCUT2D eigenvalue weighted by molar-refractivity contribution is 0.0783. The Labute approximate surface area is 134 Å². The quantitative estimate of drug-likeness (QED) is 0.790. The van der Waals surface area contributed by atoms with Gasteiger partial charge in [0.15, 0.2) is 0 Å². The van der Waals surface area contributed by atoms with Crippen LogP contribution in [0.25, 0.3) is 16.8 Å². The predicted octanol–water partition coefficient (Wildman–Crippen LogP) is 2.66. The first-order valence-corrected chi connectivity index (χ1v) is 7.73. The Balaban J connectivity index is 1.78. The second-order valence-corrected chi connectivity index (χ2v) is 6.48. The van der Waals surface area contributed by atoms with Crippen molar-refractivity contribution in [3.05, 3.63) is 59.9 Å². The number of pyridine rings is 1. The van der Waals surface area contributed by atoms with Crippen LogP contribution in [0.2, 0.25) is 0 Å². The van der Waals surface area contributed by atoms with Crippen LogP contribution in [-0.2, 0) is 18.4 Å². The molecule has 116 valence electrons. The van der Waals surface area contributed by atoms with Gasteiger partial charge < -0.3 is 5.11 Å². The van der Waals surface area contributed by atoms with E-state index >= 15 is 0 Å². The highest BCUT2D eigenvalue weighted by atomic mass is 16.3. The molecular weight excluding hydrogens is 288 g/mol. The van der Waals surface area contributed by atoms with Crippen molar-refractivity contribution in [1.29, 1.82) is 0 Å². The molecule has 0 unspecified atom stereocenters. The molecule has 0 amide bonds. The minimum atomic E-state index is -0.894. The number of benzene rings is 1. The highest BCUT2D eigenvalue weighted by molar-refractivity contribution is 5.67. The SMILES string of the molecule is CC(C)(O)c1cncc(-c2ccc3c(c2)CCc2nncn2-3)c1. The van der Waals surface area contributed by atoms with Crippen LogP contribution in [0.15, 0.2) is 43.0 Å². The van der Waals surface area contributed by atoms with Crippen molar-refractivity contribution < 1.29 is 5.11 Å². The van der Waals surface area contributed by atoms with Gasteiger partial charge in [0.1, 0.15) is 12.2 Å². The lowest BCUT2D eigenvalue weighted by Gasteiger charge is -2.20. The Morgan fingerprint density at radius 1 is 1.09 bits per heavy atom. The summed E-state index contributed by atoms with van der Waals surface area (Å²) in [7, 11) is 0. The number of hydrogen-bond donors (Lipinski definition) is 1. The first-order valence-electron chi connectivity index (χ1n) is 7.73. The highest BCUT2D eigenvalue weighted by Crippen LogP contribution is 2.30. The normalized spacial score (nSPS) is 13.5. The third-order valence-electron chi connectivity index (χ3n) is 4.35. The summed E-state index contributed by atoms with van der Waals surface area (Å²) in [5.41, 5.74) is 4.47. The number of aromatic nitrogens is 4. The van der Waals surface area contributed by atoms with Gasteiger partial charge in [0.2, 0.25) is 0 Å². The van der Waals surface area contributed by atoms with E-state index in [-0.39, 0.29) is 0 Å². The molecular formula is C18H18N4O. The molecule has 0 saturated carbocycles. The first-order chi connectivity index (χ1) is 11.0. The van der Waals surface area contributed by atoms with Gasteiger partial charge in [-0.2, -0.15) is 0 Å². The molecule has 1 aliphatic heterocycles. The van der Waals surface area contributed by atoms with E-state index in [2.05, 4.69) is 33.4 Å². The second-order valence-electron chi connectivity index (χ2n) is 6.48. The van der Waals surface area contributed by atoms with Crippen LogP contribution >= 0.6 is 0 Å². The third-order valence-corrected chi connectivity index (χ3v) is 4.35. The molecule has 4 rings (SSSR count). The van der Waals surface area contributed by atoms with Gasteiger partial charge >= 0.3 is 0 Å². The van der Waals surface area contributed by atoms with Crippen LogP contribution in [0.1, 0.15) is 30.8 Å². The number of nitrogens with zero attached hydrogens (tertiary/aromatic N) is 4. The van der Waals surface area contributed by atoms with Gasteiger partial charge in [-0.15, -0.1) is 10.2 Å². The van der Waals surface area contributed by atoms with Crippen molar-refractivity contribution in [2.45, 2.75) is 32.3 Å². The lowest BCUT2D eigenvalue weighted by Crippen LogP contribution is -2.15. The number of rotatable bonds is 2. The van der Waals surface area contributed by atoms with E-state index in [4.69, 9.17) is 0 Å². The third kappa shape index (κ3) is 2.43. The van der Waals surface area contributed by atoms with Crippen molar-refractivity contribution in [3.63, 3.8) is 0 Å². The maximum Gasteiger partial charge on any atom is 0.137 e.